The summed E-state index contributed by atoms with van der Waals surface area (Å²) in [7, 11) is 3.21. The monoisotopic (exact) mass is 703 g/mol. The fraction of sp³-hybridized carbons (Fsp3) is 0.405. The number of aliphatic hydroxyl groups is 1. The number of carbonyl (C=O) groups is 1. The summed E-state index contributed by atoms with van der Waals surface area (Å²) in [6.45, 7) is 6.68. The second kappa shape index (κ2) is 13.8. The molecule has 49 heavy (non-hydrogen) atoms. The van der Waals surface area contributed by atoms with Crippen LogP contribution in [0, 0.1) is 5.92 Å². The molecule has 2 saturated heterocycles. The summed E-state index contributed by atoms with van der Waals surface area (Å²) in [4.78, 5) is 31.0. The van der Waals surface area contributed by atoms with E-state index in [-0.39, 0.29) is 30.1 Å². The van der Waals surface area contributed by atoms with Crippen molar-refractivity contribution in [3.8, 4) is 45.4 Å². The van der Waals surface area contributed by atoms with E-state index in [0.717, 1.165) is 40.8 Å². The van der Waals surface area contributed by atoms with Gasteiger partial charge in [0.15, 0.2) is 0 Å². The Bertz CT molecular complexity index is 1900. The highest BCUT2D eigenvalue weighted by atomic mass is 35.5. The number of ether oxygens (including phenoxy) is 3. The fourth-order valence-electron chi connectivity index (χ4n) is 7.16. The van der Waals surface area contributed by atoms with E-state index < -0.39 is 0 Å². The van der Waals surface area contributed by atoms with Crippen LogP contribution in [-0.2, 0) is 22.5 Å². The van der Waals surface area contributed by atoms with Crippen LogP contribution >= 0.6 is 23.2 Å². The number of methoxy groups -OCH3 is 2. The number of rotatable bonds is 10. The maximum absolute atomic E-state index is 12.2. The van der Waals surface area contributed by atoms with Gasteiger partial charge in [0.05, 0.1) is 60.5 Å². The fourth-order valence-corrected chi connectivity index (χ4v) is 7.81. The summed E-state index contributed by atoms with van der Waals surface area (Å²) >= 11 is 14.3. The van der Waals surface area contributed by atoms with Gasteiger partial charge in [0.1, 0.15) is 5.69 Å². The van der Waals surface area contributed by atoms with Crippen LogP contribution in [0.25, 0.3) is 33.6 Å². The zero-order valence-corrected chi connectivity index (χ0v) is 29.5. The molecule has 4 aromatic rings. The summed E-state index contributed by atoms with van der Waals surface area (Å²) in [5.41, 5.74) is 7.23. The number of halogens is 2. The van der Waals surface area contributed by atoms with Crippen molar-refractivity contribution in [1.29, 1.82) is 0 Å². The van der Waals surface area contributed by atoms with Gasteiger partial charge in [-0.25, -0.2) is 9.97 Å². The van der Waals surface area contributed by atoms with Crippen LogP contribution in [0.2, 0.25) is 10.0 Å². The van der Waals surface area contributed by atoms with Crippen molar-refractivity contribution in [3.63, 3.8) is 0 Å². The first-order valence-corrected chi connectivity index (χ1v) is 17.4. The van der Waals surface area contributed by atoms with Crippen molar-refractivity contribution < 1.29 is 24.1 Å². The molecule has 10 nitrogen and oxygen atoms in total. The van der Waals surface area contributed by atoms with Crippen molar-refractivity contribution in [2.24, 2.45) is 5.92 Å². The summed E-state index contributed by atoms with van der Waals surface area (Å²) < 4.78 is 16.7. The van der Waals surface area contributed by atoms with Crippen LogP contribution in [0.4, 0.5) is 0 Å². The molecule has 3 aliphatic rings. The van der Waals surface area contributed by atoms with Gasteiger partial charge in [0.25, 0.3) is 0 Å². The minimum Gasteiger partial charge on any atom is -0.481 e. The highest BCUT2D eigenvalue weighted by Crippen LogP contribution is 2.47. The van der Waals surface area contributed by atoms with Gasteiger partial charge < -0.3 is 19.3 Å². The van der Waals surface area contributed by atoms with E-state index in [9.17, 15) is 9.90 Å². The zero-order valence-electron chi connectivity index (χ0n) is 28.0. The van der Waals surface area contributed by atoms with Gasteiger partial charge in [-0.2, -0.15) is 0 Å². The average Bonchev–Trinajstić information content (AvgIpc) is 3.51. The summed E-state index contributed by atoms with van der Waals surface area (Å²) in [6, 6.07) is 13.9. The van der Waals surface area contributed by atoms with Crippen LogP contribution in [0.15, 0.2) is 48.7 Å². The van der Waals surface area contributed by atoms with Crippen LogP contribution in [0.1, 0.15) is 43.1 Å². The quantitative estimate of drug-likeness (QED) is 0.191. The molecule has 256 valence electrons. The second-order valence-electron chi connectivity index (χ2n) is 12.8. The predicted molar refractivity (Wildman–Crippen MR) is 188 cm³/mol. The minimum atomic E-state index is -0.332. The molecule has 0 bridgehead atoms. The van der Waals surface area contributed by atoms with E-state index in [0.29, 0.717) is 71.5 Å². The molecule has 12 heteroatoms. The zero-order chi connectivity index (χ0) is 34.4. The van der Waals surface area contributed by atoms with Gasteiger partial charge in [-0.15, -0.1) is 0 Å². The average molecular weight is 705 g/mol. The molecule has 4 heterocycles. The Hall–Kier alpha value is -3.80. The first-order valence-electron chi connectivity index (χ1n) is 16.6. The molecule has 0 saturated carbocycles. The van der Waals surface area contributed by atoms with E-state index in [1.807, 2.05) is 50.2 Å². The SMILES string of the molecule is CCOC(=O)C1CN(C2CCc3cc(-c4cccc(-c5cccc(-c6cnc(CN7C[C@@H](O)[C@@H]7C)c(OC)n6)c5Cl)c4Cl)nc(OC)c32)C1. The maximum Gasteiger partial charge on any atom is 0.311 e. The molecule has 1 aliphatic carbocycles. The number of esters is 1. The topological polar surface area (TPSA) is 110 Å². The van der Waals surface area contributed by atoms with E-state index in [2.05, 4.69) is 20.9 Å². The number of β-amino-alcohol motifs (C(OH)–C–C–N with tert-alkyl or cyclic N) is 1. The Morgan fingerprint density at radius 2 is 1.57 bits per heavy atom. The lowest BCUT2D eigenvalue weighted by molar-refractivity contribution is -0.155. The summed E-state index contributed by atoms with van der Waals surface area (Å²) in [5.74, 6) is 0.779. The summed E-state index contributed by atoms with van der Waals surface area (Å²) in [5, 5.41) is 10.9. The molecule has 0 amide bonds. The molecule has 0 spiro atoms. The number of benzene rings is 2. The Balaban J connectivity index is 1.17. The van der Waals surface area contributed by atoms with Gasteiger partial charge in [-0.1, -0.05) is 59.6 Å². The third-order valence-corrected chi connectivity index (χ3v) is 10.9. The molecular weight excluding hydrogens is 665 g/mol. The molecule has 1 N–H and O–H groups in total. The third kappa shape index (κ3) is 6.14. The second-order valence-corrected chi connectivity index (χ2v) is 13.6. The minimum absolute atomic E-state index is 0.0559. The lowest BCUT2D eigenvalue weighted by atomic mass is 9.95. The molecule has 2 fully saturated rings. The van der Waals surface area contributed by atoms with E-state index >= 15 is 0 Å². The van der Waals surface area contributed by atoms with Gasteiger partial charge >= 0.3 is 5.97 Å². The van der Waals surface area contributed by atoms with Crippen molar-refractivity contribution >= 4 is 29.2 Å². The highest BCUT2D eigenvalue weighted by molar-refractivity contribution is 6.39. The smallest absolute Gasteiger partial charge is 0.311 e. The first kappa shape index (κ1) is 33.7. The lowest BCUT2D eigenvalue weighted by Gasteiger charge is -2.43. The van der Waals surface area contributed by atoms with Crippen LogP contribution in [-0.4, -0.2) is 88.4 Å². The molecule has 2 aromatic heterocycles. The van der Waals surface area contributed by atoms with E-state index in [1.54, 1.807) is 20.4 Å². The first-order chi connectivity index (χ1) is 23.7. The summed E-state index contributed by atoms with van der Waals surface area (Å²) in [6.07, 6.45) is 3.17. The van der Waals surface area contributed by atoms with Crippen molar-refractivity contribution in [1.82, 2.24) is 24.8 Å². The Morgan fingerprint density at radius 3 is 2.18 bits per heavy atom. The number of aromatic nitrogens is 3. The Morgan fingerprint density at radius 1 is 0.939 bits per heavy atom. The molecule has 2 aliphatic heterocycles. The molecule has 7 rings (SSSR count). The van der Waals surface area contributed by atoms with Crippen molar-refractivity contribution in [2.75, 3.05) is 40.5 Å². The lowest BCUT2D eigenvalue weighted by Crippen LogP contribution is -2.57. The van der Waals surface area contributed by atoms with Gasteiger partial charge in [0.2, 0.25) is 11.8 Å². The number of hydrogen-bond acceptors (Lipinski definition) is 10. The van der Waals surface area contributed by atoms with E-state index in [1.165, 1.54) is 5.56 Å². The van der Waals surface area contributed by atoms with E-state index in [4.69, 9.17) is 47.4 Å². The number of aliphatic hydroxyl groups excluding tert-OH is 1. The number of nitrogens with zero attached hydrogens (tertiary/aromatic N) is 5. The van der Waals surface area contributed by atoms with Gasteiger partial charge in [-0.05, 0) is 38.3 Å². The number of pyridine rings is 1. The largest absolute Gasteiger partial charge is 0.481 e. The maximum atomic E-state index is 12.2. The predicted octanol–water partition coefficient (Wildman–Crippen LogP) is 6.24. The van der Waals surface area contributed by atoms with Gasteiger partial charge in [-0.3, -0.25) is 19.6 Å². The van der Waals surface area contributed by atoms with Crippen LogP contribution in [0.3, 0.4) is 0 Å². The van der Waals surface area contributed by atoms with Gasteiger partial charge in [0, 0.05) is 66.1 Å². The number of hydrogen-bond donors (Lipinski definition) is 1. The van der Waals surface area contributed by atoms with Crippen molar-refractivity contribution in [3.05, 3.63) is 75.5 Å². The normalized spacial score (nSPS) is 20.8. The van der Waals surface area contributed by atoms with Crippen LogP contribution < -0.4 is 9.47 Å². The standard InChI is InChI=1S/C37H39Cl2N5O5/c1-5-49-37(46)22-16-44(17-22)30-13-12-21-14-27(41-36(48-4)32(21)30)25-10-6-8-23(33(25)38)24-9-7-11-26(34(24)39)28-15-40-29(35(42-28)47-3)18-43-19-31(45)20(43)2/h6-11,14-15,20,22,30-31,45H,5,12-13,16-19H2,1-4H3/t20-,30?,31+/m0/s1. The Labute approximate surface area is 296 Å². The number of carbonyl (C=O) groups excluding carboxylic acids is 1. The number of likely N-dealkylation sites (tertiary alicyclic amines) is 2. The number of aryl methyl sites for hydroxylation is 1. The molecule has 1 unspecified atom stereocenters. The molecular formula is C37H39Cl2N5O5. The van der Waals surface area contributed by atoms with Crippen molar-refractivity contribution in [2.45, 2.75) is 51.4 Å². The number of fused-ring (bicyclic) bond motifs is 1. The highest BCUT2D eigenvalue weighted by Gasteiger charge is 2.42. The molecule has 2 aromatic carbocycles. The molecule has 3 atom stereocenters. The van der Waals surface area contributed by atoms with Crippen LogP contribution in [0.5, 0.6) is 11.8 Å². The molecule has 0 radical (unpaired) electrons. The third-order valence-electron chi connectivity index (χ3n) is 10.0. The Kier molecular flexibility index (Phi) is 9.51.